The summed E-state index contributed by atoms with van der Waals surface area (Å²) in [4.78, 5) is 4.13. The summed E-state index contributed by atoms with van der Waals surface area (Å²) in [7, 11) is 0. The zero-order valence-electron chi connectivity index (χ0n) is 6.89. The summed E-state index contributed by atoms with van der Waals surface area (Å²) in [5.41, 5.74) is 2.96. The van der Waals surface area contributed by atoms with Crippen LogP contribution in [0.15, 0.2) is 30.6 Å². The molecule has 0 saturated carbocycles. The second-order valence-corrected chi connectivity index (χ2v) is 2.54. The minimum Gasteiger partial charge on any atom is -0.358 e. The van der Waals surface area contributed by atoms with Gasteiger partial charge in [-0.25, -0.2) is 0 Å². The Balaban J connectivity index is 2.86. The molecule has 0 aliphatic rings. The van der Waals surface area contributed by atoms with E-state index < -0.39 is 0 Å². The standard InChI is InChI=1S/C9H12N2/c1-7(2)11-9-5-4-6-10-8(9)3/h4-6,11H,1H2,2-3H3. The molecule has 0 aromatic carbocycles. The second-order valence-electron chi connectivity index (χ2n) is 2.54. The largest absolute Gasteiger partial charge is 0.358 e. The van der Waals surface area contributed by atoms with Crippen molar-refractivity contribution in [3.8, 4) is 0 Å². The molecule has 0 atom stereocenters. The maximum Gasteiger partial charge on any atom is 0.0607 e. The van der Waals surface area contributed by atoms with E-state index in [1.807, 2.05) is 26.0 Å². The summed E-state index contributed by atoms with van der Waals surface area (Å²) in [5.74, 6) is 0. The molecular weight excluding hydrogens is 136 g/mol. The Morgan fingerprint density at radius 3 is 2.91 bits per heavy atom. The fraction of sp³-hybridized carbons (Fsp3) is 0.222. The summed E-state index contributed by atoms with van der Waals surface area (Å²) in [6.45, 7) is 7.64. The predicted octanol–water partition coefficient (Wildman–Crippen LogP) is 2.34. The Bertz CT molecular complexity index is 266. The van der Waals surface area contributed by atoms with Gasteiger partial charge in [0.2, 0.25) is 0 Å². The smallest absolute Gasteiger partial charge is 0.0607 e. The number of allylic oxidation sites excluding steroid dienone is 1. The molecule has 11 heavy (non-hydrogen) atoms. The van der Waals surface area contributed by atoms with Gasteiger partial charge in [0.25, 0.3) is 0 Å². The van der Waals surface area contributed by atoms with E-state index in [-0.39, 0.29) is 0 Å². The highest BCUT2D eigenvalue weighted by molar-refractivity contribution is 5.50. The van der Waals surface area contributed by atoms with Crippen LogP contribution in [0.1, 0.15) is 12.6 Å². The van der Waals surface area contributed by atoms with E-state index in [2.05, 4.69) is 16.9 Å². The van der Waals surface area contributed by atoms with Crippen LogP contribution < -0.4 is 5.32 Å². The lowest BCUT2D eigenvalue weighted by atomic mass is 10.3. The second kappa shape index (κ2) is 3.19. The molecule has 0 aliphatic carbocycles. The summed E-state index contributed by atoms with van der Waals surface area (Å²) in [6, 6.07) is 3.88. The molecule has 0 fully saturated rings. The highest BCUT2D eigenvalue weighted by atomic mass is 14.9. The molecule has 0 spiro atoms. The van der Waals surface area contributed by atoms with E-state index in [0.717, 1.165) is 17.1 Å². The van der Waals surface area contributed by atoms with E-state index in [1.165, 1.54) is 0 Å². The van der Waals surface area contributed by atoms with Crippen LogP contribution in [0.4, 0.5) is 5.69 Å². The normalized spacial score (nSPS) is 9.27. The Morgan fingerprint density at radius 1 is 1.64 bits per heavy atom. The van der Waals surface area contributed by atoms with Crippen LogP contribution in [0.2, 0.25) is 0 Å². The first kappa shape index (κ1) is 7.79. The van der Waals surface area contributed by atoms with Crippen molar-refractivity contribution in [3.63, 3.8) is 0 Å². The summed E-state index contributed by atoms with van der Waals surface area (Å²) < 4.78 is 0. The van der Waals surface area contributed by atoms with Gasteiger partial charge in [-0.1, -0.05) is 6.58 Å². The van der Waals surface area contributed by atoms with Crippen molar-refractivity contribution in [2.45, 2.75) is 13.8 Å². The Kier molecular flexibility index (Phi) is 2.26. The first-order valence-electron chi connectivity index (χ1n) is 3.54. The summed E-state index contributed by atoms with van der Waals surface area (Å²) >= 11 is 0. The van der Waals surface area contributed by atoms with Gasteiger partial charge >= 0.3 is 0 Å². The lowest BCUT2D eigenvalue weighted by Crippen LogP contribution is -1.96. The number of nitrogens with one attached hydrogen (secondary N) is 1. The van der Waals surface area contributed by atoms with E-state index in [1.54, 1.807) is 6.20 Å². The fourth-order valence-electron chi connectivity index (χ4n) is 0.846. The molecule has 0 radical (unpaired) electrons. The van der Waals surface area contributed by atoms with Crippen molar-refractivity contribution in [1.82, 2.24) is 4.98 Å². The van der Waals surface area contributed by atoms with Gasteiger partial charge in [0.15, 0.2) is 0 Å². The maximum atomic E-state index is 4.13. The van der Waals surface area contributed by atoms with Crippen molar-refractivity contribution in [2.24, 2.45) is 0 Å². The van der Waals surface area contributed by atoms with Gasteiger partial charge in [-0.2, -0.15) is 0 Å². The third-order valence-electron chi connectivity index (χ3n) is 1.35. The molecule has 1 N–H and O–H groups in total. The van der Waals surface area contributed by atoms with E-state index >= 15 is 0 Å². The lowest BCUT2D eigenvalue weighted by molar-refractivity contribution is 1.19. The van der Waals surface area contributed by atoms with Gasteiger partial charge in [0, 0.05) is 11.9 Å². The minimum atomic E-state index is 0.932. The van der Waals surface area contributed by atoms with Crippen LogP contribution in [-0.2, 0) is 0 Å². The molecule has 0 amide bonds. The molecule has 0 saturated heterocycles. The zero-order valence-corrected chi connectivity index (χ0v) is 6.89. The van der Waals surface area contributed by atoms with Crippen molar-refractivity contribution in [1.29, 1.82) is 0 Å². The van der Waals surface area contributed by atoms with Gasteiger partial charge in [0.05, 0.1) is 11.4 Å². The number of anilines is 1. The Hall–Kier alpha value is -1.31. The zero-order chi connectivity index (χ0) is 8.27. The molecular formula is C9H12N2. The molecule has 2 heteroatoms. The molecule has 1 heterocycles. The third-order valence-corrected chi connectivity index (χ3v) is 1.35. The molecule has 1 aromatic heterocycles. The van der Waals surface area contributed by atoms with Gasteiger partial charge in [0.1, 0.15) is 0 Å². The molecule has 0 bridgehead atoms. The number of hydrogen-bond acceptors (Lipinski definition) is 2. The van der Waals surface area contributed by atoms with Gasteiger partial charge in [-0.05, 0) is 26.0 Å². The van der Waals surface area contributed by atoms with Crippen LogP contribution >= 0.6 is 0 Å². The molecule has 0 unspecified atom stereocenters. The lowest BCUT2D eigenvalue weighted by Gasteiger charge is -2.06. The van der Waals surface area contributed by atoms with Crippen molar-refractivity contribution in [2.75, 3.05) is 5.32 Å². The number of aromatic nitrogens is 1. The number of pyridine rings is 1. The van der Waals surface area contributed by atoms with Crippen LogP contribution in [0.5, 0.6) is 0 Å². The predicted molar refractivity (Wildman–Crippen MR) is 47.4 cm³/mol. The van der Waals surface area contributed by atoms with Crippen LogP contribution in [0.25, 0.3) is 0 Å². The van der Waals surface area contributed by atoms with Crippen molar-refractivity contribution >= 4 is 5.69 Å². The van der Waals surface area contributed by atoms with Crippen molar-refractivity contribution in [3.05, 3.63) is 36.3 Å². The highest BCUT2D eigenvalue weighted by Gasteiger charge is 1.94. The maximum absolute atomic E-state index is 4.13. The average molecular weight is 148 g/mol. The van der Waals surface area contributed by atoms with Crippen LogP contribution in [0, 0.1) is 6.92 Å². The quantitative estimate of drug-likeness (QED) is 0.696. The topological polar surface area (TPSA) is 24.9 Å². The summed E-state index contributed by atoms with van der Waals surface area (Å²) in [5, 5.41) is 3.12. The Morgan fingerprint density at radius 2 is 2.36 bits per heavy atom. The first-order chi connectivity index (χ1) is 5.20. The molecule has 0 aliphatic heterocycles. The molecule has 1 aromatic rings. The number of rotatable bonds is 2. The Labute approximate surface area is 67.0 Å². The van der Waals surface area contributed by atoms with E-state index in [0.29, 0.717) is 0 Å². The average Bonchev–Trinajstić information content (AvgIpc) is 1.93. The minimum absolute atomic E-state index is 0.932. The van der Waals surface area contributed by atoms with Gasteiger partial charge in [-0.3, -0.25) is 4.98 Å². The van der Waals surface area contributed by atoms with Crippen LogP contribution in [-0.4, -0.2) is 4.98 Å². The van der Waals surface area contributed by atoms with Crippen molar-refractivity contribution < 1.29 is 0 Å². The highest BCUT2D eigenvalue weighted by Crippen LogP contribution is 2.11. The monoisotopic (exact) mass is 148 g/mol. The van der Waals surface area contributed by atoms with E-state index in [9.17, 15) is 0 Å². The van der Waals surface area contributed by atoms with Gasteiger partial charge in [-0.15, -0.1) is 0 Å². The SMILES string of the molecule is C=C(C)Nc1cccnc1C. The fourth-order valence-corrected chi connectivity index (χ4v) is 0.846. The number of nitrogens with zero attached hydrogens (tertiary/aromatic N) is 1. The molecule has 58 valence electrons. The molecule has 2 nitrogen and oxygen atoms in total. The number of aryl methyl sites for hydroxylation is 1. The molecule has 1 rings (SSSR count). The third kappa shape index (κ3) is 2.08. The first-order valence-corrected chi connectivity index (χ1v) is 3.54. The van der Waals surface area contributed by atoms with Gasteiger partial charge < -0.3 is 5.32 Å². The summed E-state index contributed by atoms with van der Waals surface area (Å²) in [6.07, 6.45) is 1.78. The van der Waals surface area contributed by atoms with Crippen LogP contribution in [0.3, 0.4) is 0 Å². The van der Waals surface area contributed by atoms with E-state index in [4.69, 9.17) is 0 Å². The number of hydrogen-bond donors (Lipinski definition) is 1.